The van der Waals surface area contributed by atoms with Gasteiger partial charge in [-0.3, -0.25) is 4.79 Å². The molecule has 0 bridgehead atoms. The normalized spacial score (nSPS) is 9.83. The Labute approximate surface area is 116 Å². The average Bonchev–Trinajstić information content (AvgIpc) is 2.41. The van der Waals surface area contributed by atoms with Crippen molar-refractivity contribution in [1.82, 2.24) is 5.32 Å². The van der Waals surface area contributed by atoms with Gasteiger partial charge in [0.2, 0.25) is 5.91 Å². The molecule has 0 aliphatic heterocycles. The van der Waals surface area contributed by atoms with E-state index in [1.807, 2.05) is 31.4 Å². The number of nitrogens with zero attached hydrogens (tertiary/aromatic N) is 1. The van der Waals surface area contributed by atoms with Gasteiger partial charge in [0.05, 0.1) is 11.3 Å². The zero-order valence-electron chi connectivity index (χ0n) is 10.5. The Morgan fingerprint density at radius 3 is 2.78 bits per heavy atom. The van der Waals surface area contributed by atoms with Crippen LogP contribution < -0.4 is 5.32 Å². The van der Waals surface area contributed by atoms with Crippen molar-refractivity contribution in [3.8, 4) is 6.07 Å². The number of carbonyl (C=O) groups is 1. The van der Waals surface area contributed by atoms with E-state index < -0.39 is 0 Å². The molecular weight excluding hydrogens is 264 g/mol. The van der Waals surface area contributed by atoms with Crippen molar-refractivity contribution < 1.29 is 4.79 Å². The van der Waals surface area contributed by atoms with Gasteiger partial charge in [-0.15, -0.1) is 23.5 Å². The number of rotatable bonds is 6. The lowest BCUT2D eigenvalue weighted by atomic mass is 10.2. The molecule has 0 spiro atoms. The second-order valence-corrected chi connectivity index (χ2v) is 5.45. The topological polar surface area (TPSA) is 52.9 Å². The molecule has 0 heterocycles. The van der Waals surface area contributed by atoms with E-state index in [0.717, 1.165) is 16.2 Å². The first-order valence-electron chi connectivity index (χ1n) is 5.69. The molecule has 96 valence electrons. The van der Waals surface area contributed by atoms with Gasteiger partial charge in [-0.2, -0.15) is 5.26 Å². The Kier molecular flexibility index (Phi) is 6.69. The number of nitrogens with one attached hydrogen (secondary N) is 1. The van der Waals surface area contributed by atoms with Crippen LogP contribution in [0.4, 0.5) is 0 Å². The highest BCUT2D eigenvalue weighted by Crippen LogP contribution is 2.29. The summed E-state index contributed by atoms with van der Waals surface area (Å²) < 4.78 is 0. The third-order valence-electron chi connectivity index (χ3n) is 2.25. The standard InChI is InChI=1S/C13H16N2OS2/c1-3-7-15-13(16)9-18-12-6-4-5-11(17-2)10(12)8-14/h4-6H,3,7,9H2,1-2H3,(H,15,16). The molecule has 0 aromatic heterocycles. The third-order valence-corrected chi connectivity index (χ3v) is 4.09. The van der Waals surface area contributed by atoms with E-state index >= 15 is 0 Å². The van der Waals surface area contributed by atoms with Crippen LogP contribution in [-0.2, 0) is 4.79 Å². The van der Waals surface area contributed by atoms with E-state index in [1.165, 1.54) is 11.8 Å². The molecule has 1 aromatic carbocycles. The van der Waals surface area contributed by atoms with Crippen LogP contribution in [0.15, 0.2) is 28.0 Å². The molecule has 0 saturated heterocycles. The van der Waals surface area contributed by atoms with E-state index in [0.29, 0.717) is 17.9 Å². The molecule has 1 amide bonds. The predicted octanol–water partition coefficient (Wildman–Crippen LogP) is 2.90. The number of hydrogen-bond donors (Lipinski definition) is 1. The second kappa shape index (κ2) is 8.06. The van der Waals surface area contributed by atoms with Crippen molar-refractivity contribution in [1.29, 1.82) is 5.26 Å². The Morgan fingerprint density at radius 2 is 2.17 bits per heavy atom. The minimum Gasteiger partial charge on any atom is -0.355 e. The Balaban J connectivity index is 2.68. The van der Waals surface area contributed by atoms with Crippen LogP contribution in [0.5, 0.6) is 0 Å². The minimum atomic E-state index is 0.0142. The van der Waals surface area contributed by atoms with E-state index in [1.54, 1.807) is 11.8 Å². The van der Waals surface area contributed by atoms with Crippen LogP contribution in [-0.4, -0.2) is 24.5 Å². The smallest absolute Gasteiger partial charge is 0.230 e. The van der Waals surface area contributed by atoms with Crippen molar-refractivity contribution in [2.75, 3.05) is 18.6 Å². The molecule has 0 aliphatic carbocycles. The lowest BCUT2D eigenvalue weighted by molar-refractivity contribution is -0.118. The average molecular weight is 280 g/mol. The number of benzene rings is 1. The van der Waals surface area contributed by atoms with Gasteiger partial charge in [-0.05, 0) is 24.8 Å². The van der Waals surface area contributed by atoms with Crippen LogP contribution in [0.2, 0.25) is 0 Å². The van der Waals surface area contributed by atoms with E-state index in [2.05, 4.69) is 11.4 Å². The van der Waals surface area contributed by atoms with Crippen molar-refractivity contribution in [3.63, 3.8) is 0 Å². The van der Waals surface area contributed by atoms with Crippen LogP contribution in [0.1, 0.15) is 18.9 Å². The Morgan fingerprint density at radius 1 is 1.44 bits per heavy atom. The summed E-state index contributed by atoms with van der Waals surface area (Å²) >= 11 is 2.96. The number of thioether (sulfide) groups is 2. The maximum Gasteiger partial charge on any atom is 0.230 e. The molecule has 18 heavy (non-hydrogen) atoms. The highest BCUT2D eigenvalue weighted by Gasteiger charge is 2.09. The minimum absolute atomic E-state index is 0.0142. The van der Waals surface area contributed by atoms with Gasteiger partial charge in [-0.1, -0.05) is 13.0 Å². The van der Waals surface area contributed by atoms with E-state index in [4.69, 9.17) is 5.26 Å². The molecule has 1 N–H and O–H groups in total. The van der Waals surface area contributed by atoms with Crippen molar-refractivity contribution >= 4 is 29.4 Å². The largest absolute Gasteiger partial charge is 0.355 e. The molecule has 1 rings (SSSR count). The molecule has 0 unspecified atom stereocenters. The summed E-state index contributed by atoms with van der Waals surface area (Å²) in [5, 5.41) is 12.0. The lowest BCUT2D eigenvalue weighted by Gasteiger charge is -2.07. The molecule has 0 atom stereocenters. The van der Waals surface area contributed by atoms with Crippen LogP contribution in [0.25, 0.3) is 0 Å². The highest BCUT2D eigenvalue weighted by molar-refractivity contribution is 8.00. The summed E-state index contributed by atoms with van der Waals surface area (Å²) in [4.78, 5) is 13.3. The number of hydrogen-bond acceptors (Lipinski definition) is 4. The van der Waals surface area contributed by atoms with Gasteiger partial charge in [0.1, 0.15) is 6.07 Å². The molecular formula is C13H16N2OS2. The molecule has 5 heteroatoms. The summed E-state index contributed by atoms with van der Waals surface area (Å²) in [6.07, 6.45) is 2.88. The van der Waals surface area contributed by atoms with Gasteiger partial charge in [0, 0.05) is 16.3 Å². The second-order valence-electron chi connectivity index (χ2n) is 3.58. The summed E-state index contributed by atoms with van der Waals surface area (Å²) in [6, 6.07) is 7.93. The lowest BCUT2D eigenvalue weighted by Crippen LogP contribution is -2.25. The Hall–Kier alpha value is -1.12. The zero-order chi connectivity index (χ0) is 13.4. The fraction of sp³-hybridized carbons (Fsp3) is 0.385. The van der Waals surface area contributed by atoms with E-state index in [-0.39, 0.29) is 5.91 Å². The molecule has 0 aliphatic rings. The first kappa shape index (κ1) is 14.9. The van der Waals surface area contributed by atoms with E-state index in [9.17, 15) is 4.79 Å². The van der Waals surface area contributed by atoms with Gasteiger partial charge < -0.3 is 5.32 Å². The summed E-state index contributed by atoms with van der Waals surface area (Å²) in [7, 11) is 0. The van der Waals surface area contributed by atoms with Crippen molar-refractivity contribution in [2.45, 2.75) is 23.1 Å². The molecule has 0 fully saturated rings. The predicted molar refractivity (Wildman–Crippen MR) is 77.0 cm³/mol. The quantitative estimate of drug-likeness (QED) is 0.814. The Bertz CT molecular complexity index is 455. The summed E-state index contributed by atoms with van der Waals surface area (Å²) in [5.41, 5.74) is 0.665. The molecule has 1 aromatic rings. The number of nitriles is 1. The fourth-order valence-corrected chi connectivity index (χ4v) is 2.87. The molecule has 0 radical (unpaired) electrons. The van der Waals surface area contributed by atoms with Gasteiger partial charge >= 0.3 is 0 Å². The first-order chi connectivity index (χ1) is 8.72. The molecule has 3 nitrogen and oxygen atoms in total. The van der Waals surface area contributed by atoms with Gasteiger partial charge in [0.15, 0.2) is 0 Å². The number of amides is 1. The van der Waals surface area contributed by atoms with Crippen LogP contribution >= 0.6 is 23.5 Å². The monoisotopic (exact) mass is 280 g/mol. The summed E-state index contributed by atoms with van der Waals surface area (Å²) in [6.45, 7) is 2.72. The third kappa shape index (κ3) is 4.28. The maximum absolute atomic E-state index is 11.5. The van der Waals surface area contributed by atoms with Crippen LogP contribution in [0, 0.1) is 11.3 Å². The van der Waals surface area contributed by atoms with Crippen LogP contribution in [0.3, 0.4) is 0 Å². The summed E-state index contributed by atoms with van der Waals surface area (Å²) in [5.74, 6) is 0.368. The maximum atomic E-state index is 11.5. The highest BCUT2D eigenvalue weighted by atomic mass is 32.2. The van der Waals surface area contributed by atoms with Gasteiger partial charge in [-0.25, -0.2) is 0 Å². The SMILES string of the molecule is CCCNC(=O)CSc1cccc(SC)c1C#N. The number of carbonyl (C=O) groups excluding carboxylic acids is 1. The fourth-order valence-electron chi connectivity index (χ4n) is 1.37. The zero-order valence-corrected chi connectivity index (χ0v) is 12.2. The molecule has 0 saturated carbocycles. The first-order valence-corrected chi connectivity index (χ1v) is 7.90. The van der Waals surface area contributed by atoms with Crippen molar-refractivity contribution in [2.24, 2.45) is 0 Å². The van der Waals surface area contributed by atoms with Gasteiger partial charge in [0.25, 0.3) is 0 Å². The van der Waals surface area contributed by atoms with Crippen molar-refractivity contribution in [3.05, 3.63) is 23.8 Å².